The number of phosphoric ester groups is 1. The molecule has 4 aromatic rings. The average Bonchev–Trinajstić information content (AvgIpc) is 3.41. The number of aryl methyl sites for hydroxylation is 2. The fourth-order valence-electron chi connectivity index (χ4n) is 6.29. The molecule has 0 unspecified atom stereocenters. The van der Waals surface area contributed by atoms with E-state index in [0.717, 1.165) is 59.1 Å². The van der Waals surface area contributed by atoms with Crippen LogP contribution in [0.5, 0.6) is 11.5 Å². The lowest BCUT2D eigenvalue weighted by molar-refractivity contribution is 0.281. The molecule has 4 aromatic carbocycles. The molecule has 1 heterocycles. The predicted molar refractivity (Wildman–Crippen MR) is 136 cm³/mol. The van der Waals surface area contributed by atoms with Gasteiger partial charge in [-0.3, -0.25) is 4.89 Å². The third kappa shape index (κ3) is 3.20. The summed E-state index contributed by atoms with van der Waals surface area (Å²) in [7, 11) is -4.46. The largest absolute Gasteiger partial charge is 0.584 e. The van der Waals surface area contributed by atoms with Crippen molar-refractivity contribution in [1.29, 1.82) is 0 Å². The fraction of sp³-hybridized carbons (Fsp3) is 0.172. The molecule has 0 aromatic heterocycles. The summed E-state index contributed by atoms with van der Waals surface area (Å²) in [6, 6.07) is 28.2. The minimum absolute atomic E-state index is 0. The zero-order valence-electron chi connectivity index (χ0n) is 19.0. The average molecular weight is 484 g/mol. The number of benzene rings is 4. The smallest absolute Gasteiger partial charge is 0.412 e. The minimum Gasteiger partial charge on any atom is -0.412 e. The minimum atomic E-state index is -4.46. The Bertz CT molecular complexity index is 1390. The van der Waals surface area contributed by atoms with Crippen LogP contribution in [0.25, 0.3) is 22.3 Å². The second-order valence-electron chi connectivity index (χ2n) is 9.42. The van der Waals surface area contributed by atoms with E-state index in [1.54, 1.807) is 0 Å². The summed E-state index contributed by atoms with van der Waals surface area (Å²) >= 11 is 0. The number of hydrogen-bond acceptors (Lipinski definition) is 3. The van der Waals surface area contributed by atoms with Crippen molar-refractivity contribution in [3.63, 3.8) is 0 Å². The van der Waals surface area contributed by atoms with Crippen LogP contribution in [0.4, 0.5) is 0 Å². The first-order valence-corrected chi connectivity index (χ1v) is 13.2. The van der Waals surface area contributed by atoms with Crippen molar-refractivity contribution < 1.29 is 24.0 Å². The van der Waals surface area contributed by atoms with E-state index in [4.69, 9.17) is 9.05 Å². The molecule has 7 rings (SSSR count). The summed E-state index contributed by atoms with van der Waals surface area (Å²) in [6.07, 6.45) is 3.69. The zero-order valence-corrected chi connectivity index (χ0v) is 19.9. The lowest BCUT2D eigenvalue weighted by Crippen LogP contribution is -2.25. The van der Waals surface area contributed by atoms with Crippen molar-refractivity contribution in [2.45, 2.75) is 31.1 Å². The van der Waals surface area contributed by atoms with Crippen molar-refractivity contribution in [3.8, 4) is 33.8 Å². The maximum Gasteiger partial charge on any atom is 0.584 e. The first kappa shape index (κ1) is 22.1. The Morgan fingerprint density at radius 1 is 0.657 bits per heavy atom. The first-order valence-electron chi connectivity index (χ1n) is 11.7. The Labute approximate surface area is 203 Å². The molecule has 3 aliphatic rings. The van der Waals surface area contributed by atoms with Crippen molar-refractivity contribution in [2.75, 3.05) is 0 Å². The maximum absolute atomic E-state index is 13.5. The van der Waals surface area contributed by atoms with Gasteiger partial charge in [0.05, 0.1) is 0 Å². The third-order valence-corrected chi connectivity index (χ3v) is 8.50. The Morgan fingerprint density at radius 3 is 1.51 bits per heavy atom. The first-order chi connectivity index (χ1) is 16.6. The quantitative estimate of drug-likeness (QED) is 0.341. The van der Waals surface area contributed by atoms with E-state index in [1.807, 2.05) is 72.8 Å². The molecule has 0 bridgehead atoms. The summed E-state index contributed by atoms with van der Waals surface area (Å²) in [5.41, 5.74) is 7.81. The summed E-state index contributed by atoms with van der Waals surface area (Å²) in [6.45, 7) is 0. The van der Waals surface area contributed by atoms with Gasteiger partial charge in [-0.05, 0) is 47.9 Å². The van der Waals surface area contributed by atoms with Crippen LogP contribution in [0, 0.1) is 0 Å². The van der Waals surface area contributed by atoms with Gasteiger partial charge in [0.2, 0.25) is 0 Å². The van der Waals surface area contributed by atoms with E-state index in [-0.39, 0.29) is 10.9 Å². The molecule has 1 spiro atoms. The molecule has 1 aliphatic heterocycles. The lowest BCUT2D eigenvalue weighted by Gasteiger charge is -2.34. The molecule has 3 N–H and O–H groups in total. The molecule has 176 valence electrons. The van der Waals surface area contributed by atoms with Crippen molar-refractivity contribution >= 4 is 7.82 Å². The van der Waals surface area contributed by atoms with Crippen molar-refractivity contribution in [1.82, 2.24) is 0 Å². The van der Waals surface area contributed by atoms with Gasteiger partial charge in [0, 0.05) is 27.7 Å². The standard InChI is InChI=1S/C29H23O4P.H2O/c30-34(31)32-27-23(19-7-3-1-4-8-19)13-11-21-15-17-29(25(21)27)18-16-22-12-14-24(28(33-34)26(22)29)20-9-5-2-6-10-20;/h1-14H,15-18H2,(H,30,31);1H2. The Balaban J connectivity index is 0.00000229. The molecule has 2 aliphatic carbocycles. The highest BCUT2D eigenvalue weighted by molar-refractivity contribution is 7.48. The van der Waals surface area contributed by atoms with Gasteiger partial charge in [0.15, 0.2) is 0 Å². The molecule has 0 radical (unpaired) electrons. The zero-order chi connectivity index (χ0) is 22.9. The normalized spacial score (nSPS) is 17.6. The second kappa shape index (κ2) is 7.82. The van der Waals surface area contributed by atoms with Crippen LogP contribution in [0.3, 0.4) is 0 Å². The van der Waals surface area contributed by atoms with Gasteiger partial charge in [-0.25, -0.2) is 4.57 Å². The van der Waals surface area contributed by atoms with Crippen LogP contribution in [-0.4, -0.2) is 10.4 Å². The van der Waals surface area contributed by atoms with E-state index >= 15 is 0 Å². The highest BCUT2D eigenvalue weighted by Gasteiger charge is 2.52. The van der Waals surface area contributed by atoms with Crippen molar-refractivity contribution in [2.24, 2.45) is 0 Å². The second-order valence-corrected chi connectivity index (χ2v) is 10.7. The van der Waals surface area contributed by atoms with Gasteiger partial charge in [-0.1, -0.05) is 84.9 Å². The topological polar surface area (TPSA) is 87.3 Å². The number of phosphoric acid groups is 1. The van der Waals surface area contributed by atoms with Crippen molar-refractivity contribution in [3.05, 3.63) is 107 Å². The Kier molecular flexibility index (Phi) is 4.94. The van der Waals surface area contributed by atoms with E-state index in [1.165, 1.54) is 11.1 Å². The summed E-state index contributed by atoms with van der Waals surface area (Å²) < 4.78 is 25.5. The summed E-state index contributed by atoms with van der Waals surface area (Å²) in [5.74, 6) is 0.992. The lowest BCUT2D eigenvalue weighted by atomic mass is 9.74. The molecule has 0 saturated heterocycles. The van der Waals surface area contributed by atoms with Crippen LogP contribution >= 0.6 is 7.82 Å². The van der Waals surface area contributed by atoms with Gasteiger partial charge < -0.3 is 14.5 Å². The Morgan fingerprint density at radius 2 is 1.09 bits per heavy atom. The SMILES string of the molecule is O.O=P1(O)Oc2c(-c3ccccc3)ccc3c2C2(CC3)CCc3ccc(-c4ccccc4)c(c32)O1. The monoisotopic (exact) mass is 484 g/mol. The van der Waals surface area contributed by atoms with Gasteiger partial charge >= 0.3 is 7.82 Å². The maximum atomic E-state index is 13.5. The number of hydrogen-bond donors (Lipinski definition) is 1. The molecule has 0 fully saturated rings. The van der Waals surface area contributed by atoms with Gasteiger partial charge in [0.1, 0.15) is 11.5 Å². The highest BCUT2D eigenvalue weighted by Crippen LogP contribution is 2.65. The van der Waals surface area contributed by atoms with Gasteiger partial charge in [-0.2, -0.15) is 0 Å². The molecule has 35 heavy (non-hydrogen) atoms. The van der Waals surface area contributed by atoms with Crippen LogP contribution in [-0.2, 0) is 22.8 Å². The molecule has 6 heteroatoms. The molecule has 0 amide bonds. The van der Waals surface area contributed by atoms with E-state index in [9.17, 15) is 9.46 Å². The van der Waals surface area contributed by atoms with Crippen LogP contribution in [0.1, 0.15) is 35.1 Å². The summed E-state index contributed by atoms with van der Waals surface area (Å²) in [4.78, 5) is 11.0. The van der Waals surface area contributed by atoms with Crippen LogP contribution in [0.2, 0.25) is 0 Å². The molecule has 5 nitrogen and oxygen atoms in total. The van der Waals surface area contributed by atoms with E-state index < -0.39 is 7.82 Å². The van der Waals surface area contributed by atoms with Gasteiger partial charge in [-0.15, -0.1) is 0 Å². The predicted octanol–water partition coefficient (Wildman–Crippen LogP) is 6.25. The van der Waals surface area contributed by atoms with E-state index in [0.29, 0.717) is 11.5 Å². The Hall–Kier alpha value is -3.37. The van der Waals surface area contributed by atoms with Gasteiger partial charge in [0.25, 0.3) is 0 Å². The third-order valence-electron chi connectivity index (χ3n) is 7.67. The molecular weight excluding hydrogens is 459 g/mol. The highest BCUT2D eigenvalue weighted by atomic mass is 31.2. The molecular formula is C29H25O5P. The fourth-order valence-corrected chi connectivity index (χ4v) is 7.17. The van der Waals surface area contributed by atoms with Crippen LogP contribution in [0.15, 0.2) is 84.9 Å². The van der Waals surface area contributed by atoms with E-state index in [2.05, 4.69) is 12.1 Å². The van der Waals surface area contributed by atoms with Crippen LogP contribution < -0.4 is 9.05 Å². The molecule has 0 saturated carbocycles. The summed E-state index contributed by atoms with van der Waals surface area (Å²) in [5, 5.41) is 0. The number of rotatable bonds is 2. The molecule has 0 atom stereocenters.